The molecule has 2 aromatic heterocycles. The summed E-state index contributed by atoms with van der Waals surface area (Å²) in [6.07, 6.45) is 0.791. The van der Waals surface area contributed by atoms with Gasteiger partial charge in [0.1, 0.15) is 6.54 Å². The number of para-hydroxylation sites is 1. The van der Waals surface area contributed by atoms with Gasteiger partial charge in [-0.1, -0.05) is 23.4 Å². The molecule has 1 aromatic carbocycles. The molecule has 0 radical (unpaired) electrons. The molecule has 0 atom stereocenters. The zero-order chi connectivity index (χ0) is 17.1. The fourth-order valence-electron chi connectivity index (χ4n) is 2.35. The van der Waals surface area contributed by atoms with Gasteiger partial charge in [-0.3, -0.25) is 10.1 Å². The van der Waals surface area contributed by atoms with Crippen LogP contribution < -0.4 is 10.6 Å². The average molecular weight is 328 g/mol. The van der Waals surface area contributed by atoms with Crippen molar-refractivity contribution in [3.8, 4) is 0 Å². The second-order valence-electron chi connectivity index (χ2n) is 5.14. The molecule has 2 heterocycles. The van der Waals surface area contributed by atoms with E-state index in [1.165, 1.54) is 18.0 Å². The second kappa shape index (κ2) is 6.41. The molecule has 9 nitrogen and oxygen atoms in total. The molecule has 0 bridgehead atoms. The van der Waals surface area contributed by atoms with Crippen molar-refractivity contribution in [3.63, 3.8) is 0 Å². The molecule has 0 saturated carbocycles. The zero-order valence-corrected chi connectivity index (χ0v) is 13.2. The number of hydrogen-bond donors (Lipinski definition) is 3. The van der Waals surface area contributed by atoms with Crippen molar-refractivity contribution in [1.82, 2.24) is 20.0 Å². The predicted octanol–water partition coefficient (Wildman–Crippen LogP) is 1.88. The second-order valence-corrected chi connectivity index (χ2v) is 5.14. The van der Waals surface area contributed by atoms with Crippen molar-refractivity contribution in [2.75, 3.05) is 17.7 Å². The van der Waals surface area contributed by atoms with E-state index < -0.39 is 6.09 Å². The predicted molar refractivity (Wildman–Crippen MR) is 87.7 cm³/mol. The van der Waals surface area contributed by atoms with E-state index in [0.29, 0.717) is 0 Å². The van der Waals surface area contributed by atoms with E-state index in [1.54, 1.807) is 0 Å². The van der Waals surface area contributed by atoms with Crippen molar-refractivity contribution in [2.24, 2.45) is 0 Å². The third kappa shape index (κ3) is 3.19. The molecule has 24 heavy (non-hydrogen) atoms. The number of amides is 2. The molecule has 9 heteroatoms. The Kier molecular flexibility index (Phi) is 4.15. The van der Waals surface area contributed by atoms with Crippen LogP contribution in [0.4, 0.5) is 16.3 Å². The lowest BCUT2D eigenvalue weighted by molar-refractivity contribution is -0.116. The molecule has 3 aromatic rings. The minimum absolute atomic E-state index is 0.0329. The van der Waals surface area contributed by atoms with Gasteiger partial charge in [-0.05, 0) is 13.0 Å². The first-order chi connectivity index (χ1) is 11.6. The average Bonchev–Trinajstić information content (AvgIpc) is 3.12. The van der Waals surface area contributed by atoms with E-state index in [0.717, 1.165) is 22.3 Å². The Morgan fingerprint density at radius 2 is 2.08 bits per heavy atom. The number of aromatic amines is 1. The lowest BCUT2D eigenvalue weighted by atomic mass is 10.2. The summed E-state index contributed by atoms with van der Waals surface area (Å²) >= 11 is 0. The van der Waals surface area contributed by atoms with Crippen LogP contribution in [-0.4, -0.2) is 39.1 Å². The van der Waals surface area contributed by atoms with Gasteiger partial charge in [0.25, 0.3) is 0 Å². The van der Waals surface area contributed by atoms with Crippen LogP contribution in [0.5, 0.6) is 0 Å². The van der Waals surface area contributed by atoms with E-state index in [-0.39, 0.29) is 18.3 Å². The highest BCUT2D eigenvalue weighted by atomic mass is 16.5. The van der Waals surface area contributed by atoms with E-state index in [2.05, 4.69) is 30.7 Å². The highest BCUT2D eigenvalue weighted by Gasteiger charge is 2.13. The number of methoxy groups -OCH3 is 1. The van der Waals surface area contributed by atoms with Crippen LogP contribution in [0.3, 0.4) is 0 Å². The Hall–Kier alpha value is -3.36. The van der Waals surface area contributed by atoms with Gasteiger partial charge in [-0.2, -0.15) is 0 Å². The number of carbonyl (C=O) groups excluding carboxylic acids is 2. The van der Waals surface area contributed by atoms with Crippen LogP contribution in [0.15, 0.2) is 30.5 Å². The number of carbonyl (C=O) groups is 2. The van der Waals surface area contributed by atoms with Crippen LogP contribution >= 0.6 is 0 Å². The van der Waals surface area contributed by atoms with Crippen LogP contribution in [-0.2, 0) is 16.1 Å². The summed E-state index contributed by atoms with van der Waals surface area (Å²) in [6, 6.07) is 7.71. The zero-order valence-electron chi connectivity index (χ0n) is 13.2. The smallest absolute Gasteiger partial charge is 0.412 e. The fraction of sp³-hybridized carbons (Fsp3) is 0.200. The summed E-state index contributed by atoms with van der Waals surface area (Å²) in [5, 5.41) is 13.7. The summed E-state index contributed by atoms with van der Waals surface area (Å²) in [4.78, 5) is 26.5. The van der Waals surface area contributed by atoms with Crippen LogP contribution in [0.2, 0.25) is 0 Å². The molecule has 2 amide bonds. The standard InChI is InChI=1S/C15H16N6O3/c1-9-14(10-5-3-4-6-11(10)16-9)18-13(22)8-21-7-12(19-20-21)17-15(23)24-2/h3-7,16H,8H2,1-2H3,(H,17,23)(H,18,22). The topological polar surface area (TPSA) is 114 Å². The Bertz CT molecular complexity index is 898. The minimum atomic E-state index is -0.652. The van der Waals surface area contributed by atoms with Gasteiger partial charge in [0.05, 0.1) is 19.0 Å². The summed E-state index contributed by atoms with van der Waals surface area (Å²) in [7, 11) is 1.25. The third-order valence-corrected chi connectivity index (χ3v) is 3.42. The summed E-state index contributed by atoms with van der Waals surface area (Å²) in [5.74, 6) is -0.0460. The summed E-state index contributed by atoms with van der Waals surface area (Å²) < 4.78 is 5.78. The van der Waals surface area contributed by atoms with Gasteiger partial charge in [-0.25, -0.2) is 9.48 Å². The molecule has 3 rings (SSSR count). The van der Waals surface area contributed by atoms with Crippen molar-refractivity contribution in [1.29, 1.82) is 0 Å². The molecular formula is C15H16N6O3. The first-order valence-electron chi connectivity index (χ1n) is 7.19. The summed E-state index contributed by atoms with van der Waals surface area (Å²) in [5.41, 5.74) is 2.57. The number of aromatic nitrogens is 4. The quantitative estimate of drug-likeness (QED) is 0.676. The maximum absolute atomic E-state index is 12.2. The lowest BCUT2D eigenvalue weighted by Gasteiger charge is -2.05. The van der Waals surface area contributed by atoms with Crippen molar-refractivity contribution >= 4 is 34.4 Å². The van der Waals surface area contributed by atoms with Crippen molar-refractivity contribution < 1.29 is 14.3 Å². The third-order valence-electron chi connectivity index (χ3n) is 3.42. The van der Waals surface area contributed by atoms with Gasteiger partial charge >= 0.3 is 6.09 Å². The van der Waals surface area contributed by atoms with E-state index in [9.17, 15) is 9.59 Å². The van der Waals surface area contributed by atoms with Gasteiger partial charge < -0.3 is 15.0 Å². The lowest BCUT2D eigenvalue weighted by Crippen LogP contribution is -2.19. The number of nitrogens with one attached hydrogen (secondary N) is 3. The van der Waals surface area contributed by atoms with Crippen LogP contribution in [0, 0.1) is 6.92 Å². The van der Waals surface area contributed by atoms with Crippen LogP contribution in [0.1, 0.15) is 5.69 Å². The van der Waals surface area contributed by atoms with E-state index >= 15 is 0 Å². The molecule has 0 spiro atoms. The number of nitrogens with zero attached hydrogens (tertiary/aromatic N) is 3. The van der Waals surface area contributed by atoms with Gasteiger partial charge in [-0.15, -0.1) is 5.10 Å². The van der Waals surface area contributed by atoms with E-state index in [1.807, 2.05) is 31.2 Å². The monoisotopic (exact) mass is 328 g/mol. The molecule has 0 fully saturated rings. The van der Waals surface area contributed by atoms with Gasteiger partial charge in [0.2, 0.25) is 5.91 Å². The largest absolute Gasteiger partial charge is 0.453 e. The molecule has 0 aliphatic rings. The molecule has 0 saturated heterocycles. The van der Waals surface area contributed by atoms with Gasteiger partial charge in [0.15, 0.2) is 5.82 Å². The Labute approximate surface area is 137 Å². The summed E-state index contributed by atoms with van der Waals surface area (Å²) in [6.45, 7) is 1.86. The first-order valence-corrected chi connectivity index (χ1v) is 7.19. The normalized spacial score (nSPS) is 10.6. The number of rotatable bonds is 4. The highest BCUT2D eigenvalue weighted by Crippen LogP contribution is 2.26. The molecule has 0 aliphatic carbocycles. The van der Waals surface area contributed by atoms with E-state index in [4.69, 9.17) is 0 Å². The first kappa shape index (κ1) is 15.5. The van der Waals surface area contributed by atoms with Crippen molar-refractivity contribution in [2.45, 2.75) is 13.5 Å². The van der Waals surface area contributed by atoms with Crippen LogP contribution in [0.25, 0.3) is 10.9 Å². The van der Waals surface area contributed by atoms with Crippen molar-refractivity contribution in [3.05, 3.63) is 36.2 Å². The number of anilines is 2. The minimum Gasteiger partial charge on any atom is -0.453 e. The maximum atomic E-state index is 12.2. The number of ether oxygens (including phenoxy) is 1. The Balaban J connectivity index is 1.69. The molecule has 0 unspecified atom stereocenters. The molecule has 124 valence electrons. The van der Waals surface area contributed by atoms with Gasteiger partial charge in [0, 0.05) is 16.6 Å². The number of fused-ring (bicyclic) bond motifs is 1. The Morgan fingerprint density at radius 3 is 2.88 bits per heavy atom. The maximum Gasteiger partial charge on any atom is 0.412 e. The fourth-order valence-corrected chi connectivity index (χ4v) is 2.35. The molecule has 0 aliphatic heterocycles. The number of benzene rings is 1. The SMILES string of the molecule is COC(=O)Nc1cn(CC(=O)Nc2c(C)[nH]c3ccccc23)nn1. The highest BCUT2D eigenvalue weighted by molar-refractivity contribution is 6.02. The number of hydrogen-bond acceptors (Lipinski definition) is 5. The Morgan fingerprint density at radius 1 is 1.29 bits per heavy atom. The molecular weight excluding hydrogens is 312 g/mol. The number of H-pyrrole nitrogens is 1. The number of aryl methyl sites for hydroxylation is 1. The molecule has 3 N–H and O–H groups in total.